The number of rotatable bonds is 3. The van der Waals surface area contributed by atoms with Crippen LogP contribution in [0.1, 0.15) is 31.4 Å². The van der Waals surface area contributed by atoms with Gasteiger partial charge in [0.2, 0.25) is 0 Å². The lowest BCUT2D eigenvalue weighted by atomic mass is 9.89. The molecule has 0 radical (unpaired) electrons. The van der Waals surface area contributed by atoms with Gasteiger partial charge in [-0.15, -0.1) is 11.8 Å². The van der Waals surface area contributed by atoms with Gasteiger partial charge in [0, 0.05) is 5.02 Å². The minimum absolute atomic E-state index is 0.124. The Labute approximate surface area is 117 Å². The summed E-state index contributed by atoms with van der Waals surface area (Å²) in [5.74, 6) is 0.806. The fourth-order valence-electron chi connectivity index (χ4n) is 2.43. The third-order valence-corrected chi connectivity index (χ3v) is 5.14. The van der Waals surface area contributed by atoms with Crippen LogP contribution in [0.15, 0.2) is 18.2 Å². The summed E-state index contributed by atoms with van der Waals surface area (Å²) >= 11 is 7.72. The van der Waals surface area contributed by atoms with Gasteiger partial charge in [0.15, 0.2) is 0 Å². The number of hydrogen-bond acceptors (Lipinski definition) is 3. The molecular weight excluding hydrogens is 268 g/mol. The van der Waals surface area contributed by atoms with Gasteiger partial charge in [0.1, 0.15) is 4.75 Å². The molecule has 2 nitrogen and oxygen atoms in total. The van der Waals surface area contributed by atoms with Crippen molar-refractivity contribution in [2.75, 3.05) is 12.4 Å². The van der Waals surface area contributed by atoms with E-state index in [0.717, 1.165) is 29.2 Å². The van der Waals surface area contributed by atoms with E-state index in [0.29, 0.717) is 6.61 Å². The lowest BCUT2D eigenvalue weighted by Gasteiger charge is -2.35. The number of thioether (sulfide) groups is 1. The van der Waals surface area contributed by atoms with Crippen LogP contribution in [0, 0.1) is 0 Å². The molecule has 0 spiro atoms. The molecule has 0 aromatic heterocycles. The molecule has 1 aliphatic rings. The summed E-state index contributed by atoms with van der Waals surface area (Å²) in [6.45, 7) is 4.30. The van der Waals surface area contributed by atoms with E-state index in [1.54, 1.807) is 11.8 Å². The maximum Gasteiger partial charge on any atom is 0.326 e. The van der Waals surface area contributed by atoms with Gasteiger partial charge in [0.05, 0.1) is 6.61 Å². The molecule has 1 atom stereocenters. The van der Waals surface area contributed by atoms with Crippen molar-refractivity contribution in [3.63, 3.8) is 0 Å². The Hall–Kier alpha value is -0.670. The van der Waals surface area contributed by atoms with Gasteiger partial charge >= 0.3 is 5.97 Å². The Morgan fingerprint density at radius 3 is 2.94 bits per heavy atom. The molecule has 98 valence electrons. The minimum atomic E-state index is -0.547. The highest BCUT2D eigenvalue weighted by Crippen LogP contribution is 2.46. The van der Waals surface area contributed by atoms with Crippen LogP contribution in [-0.4, -0.2) is 18.3 Å². The molecule has 1 aliphatic heterocycles. The molecule has 1 heterocycles. The lowest BCUT2D eigenvalue weighted by Crippen LogP contribution is -2.37. The number of benzene rings is 1. The number of esters is 1. The number of halogens is 1. The average molecular weight is 285 g/mol. The Bertz CT molecular complexity index is 461. The fourth-order valence-corrected chi connectivity index (χ4v) is 4.03. The van der Waals surface area contributed by atoms with Crippen molar-refractivity contribution >= 4 is 29.3 Å². The molecule has 0 saturated carbocycles. The van der Waals surface area contributed by atoms with Gasteiger partial charge in [-0.05, 0) is 48.8 Å². The zero-order valence-corrected chi connectivity index (χ0v) is 12.2. The Morgan fingerprint density at radius 2 is 2.28 bits per heavy atom. The highest BCUT2D eigenvalue weighted by molar-refractivity contribution is 8.01. The summed E-state index contributed by atoms with van der Waals surface area (Å²) in [7, 11) is 0. The highest BCUT2D eigenvalue weighted by Gasteiger charge is 2.44. The largest absolute Gasteiger partial charge is 0.465 e. The van der Waals surface area contributed by atoms with Crippen molar-refractivity contribution in [2.24, 2.45) is 0 Å². The van der Waals surface area contributed by atoms with Crippen molar-refractivity contribution in [3.05, 3.63) is 34.3 Å². The van der Waals surface area contributed by atoms with Gasteiger partial charge in [-0.2, -0.15) is 0 Å². The number of hydrogen-bond donors (Lipinski definition) is 0. The number of carbonyl (C=O) groups is 1. The average Bonchev–Trinajstić information content (AvgIpc) is 2.37. The van der Waals surface area contributed by atoms with E-state index in [1.165, 1.54) is 5.56 Å². The van der Waals surface area contributed by atoms with Crippen molar-refractivity contribution in [2.45, 2.75) is 31.4 Å². The quantitative estimate of drug-likeness (QED) is 0.790. The van der Waals surface area contributed by atoms with Gasteiger partial charge in [-0.1, -0.05) is 24.6 Å². The monoisotopic (exact) mass is 284 g/mol. The minimum Gasteiger partial charge on any atom is -0.465 e. The third-order valence-electron chi connectivity index (χ3n) is 3.33. The molecule has 0 saturated heterocycles. The molecular formula is C14H17ClO2S. The summed E-state index contributed by atoms with van der Waals surface area (Å²) in [4.78, 5) is 12.3. The maximum absolute atomic E-state index is 12.3. The standard InChI is InChI=1S/C14H17ClO2S/c1-3-14(13(16)17-4-2)12-6-5-11(15)9-10(12)7-8-18-14/h5-6,9H,3-4,7-8H2,1-2H3. The van der Waals surface area contributed by atoms with Crippen molar-refractivity contribution in [1.82, 2.24) is 0 Å². The van der Waals surface area contributed by atoms with Crippen LogP contribution in [0.25, 0.3) is 0 Å². The second-order valence-electron chi connectivity index (χ2n) is 4.30. The predicted octanol–water partition coefficient (Wildman–Crippen LogP) is 3.80. The molecule has 0 amide bonds. The van der Waals surface area contributed by atoms with Gasteiger partial charge < -0.3 is 4.74 Å². The van der Waals surface area contributed by atoms with Crippen LogP contribution in [0.2, 0.25) is 5.02 Å². The first kappa shape index (κ1) is 13.8. The van der Waals surface area contributed by atoms with Gasteiger partial charge in [-0.3, -0.25) is 4.79 Å². The Balaban J connectivity index is 2.48. The van der Waals surface area contributed by atoms with Crippen LogP contribution < -0.4 is 0 Å². The smallest absolute Gasteiger partial charge is 0.326 e. The molecule has 18 heavy (non-hydrogen) atoms. The maximum atomic E-state index is 12.3. The van der Waals surface area contributed by atoms with Crippen LogP contribution in [0.4, 0.5) is 0 Å². The molecule has 2 rings (SSSR count). The van der Waals surface area contributed by atoms with Crippen LogP contribution in [0.5, 0.6) is 0 Å². The first-order valence-corrected chi connectivity index (χ1v) is 7.60. The number of fused-ring (bicyclic) bond motifs is 1. The summed E-state index contributed by atoms with van der Waals surface area (Å²) in [6, 6.07) is 5.81. The van der Waals surface area contributed by atoms with E-state index < -0.39 is 4.75 Å². The number of ether oxygens (including phenoxy) is 1. The van der Waals surface area contributed by atoms with E-state index >= 15 is 0 Å². The zero-order valence-electron chi connectivity index (χ0n) is 10.7. The second-order valence-corrected chi connectivity index (χ2v) is 6.13. The van der Waals surface area contributed by atoms with Crippen molar-refractivity contribution < 1.29 is 9.53 Å². The molecule has 0 fully saturated rings. The third kappa shape index (κ3) is 2.26. The van der Waals surface area contributed by atoms with Crippen LogP contribution >= 0.6 is 23.4 Å². The van der Waals surface area contributed by atoms with Crippen molar-refractivity contribution in [1.29, 1.82) is 0 Å². The Kier molecular flexibility index (Phi) is 4.23. The molecule has 0 N–H and O–H groups in total. The zero-order chi connectivity index (χ0) is 13.2. The lowest BCUT2D eigenvalue weighted by molar-refractivity contribution is -0.146. The van der Waals surface area contributed by atoms with Gasteiger partial charge in [-0.25, -0.2) is 0 Å². The molecule has 1 unspecified atom stereocenters. The molecule has 4 heteroatoms. The van der Waals surface area contributed by atoms with Crippen LogP contribution in [0.3, 0.4) is 0 Å². The predicted molar refractivity (Wildman–Crippen MR) is 76.2 cm³/mol. The number of carbonyl (C=O) groups excluding carboxylic acids is 1. The van der Waals surface area contributed by atoms with Gasteiger partial charge in [0.25, 0.3) is 0 Å². The fraction of sp³-hybridized carbons (Fsp3) is 0.500. The van der Waals surface area contributed by atoms with E-state index in [9.17, 15) is 4.79 Å². The second kappa shape index (κ2) is 5.54. The summed E-state index contributed by atoms with van der Waals surface area (Å²) in [5.41, 5.74) is 2.25. The normalized spacial score (nSPS) is 22.4. The topological polar surface area (TPSA) is 26.3 Å². The summed E-state index contributed by atoms with van der Waals surface area (Å²) in [6.07, 6.45) is 1.70. The first-order valence-electron chi connectivity index (χ1n) is 6.24. The van der Waals surface area contributed by atoms with E-state index in [1.807, 2.05) is 32.0 Å². The summed E-state index contributed by atoms with van der Waals surface area (Å²) < 4.78 is 4.72. The molecule has 1 aromatic rings. The number of aryl methyl sites for hydroxylation is 1. The highest BCUT2D eigenvalue weighted by atomic mass is 35.5. The Morgan fingerprint density at radius 1 is 1.50 bits per heavy atom. The van der Waals surface area contributed by atoms with E-state index in [2.05, 4.69) is 0 Å². The van der Waals surface area contributed by atoms with E-state index in [4.69, 9.17) is 16.3 Å². The summed E-state index contributed by atoms with van der Waals surface area (Å²) in [5, 5.41) is 0.731. The van der Waals surface area contributed by atoms with Crippen LogP contribution in [-0.2, 0) is 20.7 Å². The molecule has 0 aliphatic carbocycles. The molecule has 1 aromatic carbocycles. The first-order chi connectivity index (χ1) is 8.64. The molecule has 0 bridgehead atoms. The SMILES string of the molecule is CCOC(=O)C1(CC)SCCc2cc(Cl)ccc21. The van der Waals surface area contributed by atoms with Crippen molar-refractivity contribution in [3.8, 4) is 0 Å². The van der Waals surface area contributed by atoms with E-state index in [-0.39, 0.29) is 5.97 Å².